The predicted molar refractivity (Wildman–Crippen MR) is 88.4 cm³/mol. The van der Waals surface area contributed by atoms with E-state index in [0.29, 0.717) is 21.6 Å². The van der Waals surface area contributed by atoms with Gasteiger partial charge in [0, 0.05) is 29.3 Å². The first kappa shape index (κ1) is 16.6. The number of rotatable bonds is 4. The summed E-state index contributed by atoms with van der Waals surface area (Å²) in [7, 11) is 0. The number of pyridine rings is 1. The van der Waals surface area contributed by atoms with Crippen LogP contribution in [0.15, 0.2) is 66.9 Å². The quantitative estimate of drug-likeness (QED) is 0.586. The first-order chi connectivity index (χ1) is 12.0. The van der Waals surface area contributed by atoms with Crippen LogP contribution in [-0.2, 0) is 6.54 Å². The Morgan fingerprint density at radius 2 is 1.88 bits per heavy atom. The van der Waals surface area contributed by atoms with E-state index in [2.05, 4.69) is 5.32 Å². The van der Waals surface area contributed by atoms with Crippen molar-refractivity contribution in [3.05, 3.63) is 95.0 Å². The van der Waals surface area contributed by atoms with Gasteiger partial charge in [0.05, 0.1) is 0 Å². The summed E-state index contributed by atoms with van der Waals surface area (Å²) in [5, 5.41) is 14.2. The third-order valence-corrected chi connectivity index (χ3v) is 3.70. The number of halogens is 2. The zero-order valence-electron chi connectivity index (χ0n) is 13.1. The van der Waals surface area contributed by atoms with Gasteiger partial charge in [0.25, 0.3) is 5.91 Å². The maximum atomic E-state index is 13.9. The van der Waals surface area contributed by atoms with Crippen LogP contribution in [-0.4, -0.2) is 5.91 Å². The first-order valence-corrected chi connectivity index (χ1v) is 7.55. The van der Waals surface area contributed by atoms with Crippen LogP contribution in [0.25, 0.3) is 11.1 Å². The van der Waals surface area contributed by atoms with Crippen molar-refractivity contribution in [1.29, 1.82) is 0 Å². The van der Waals surface area contributed by atoms with Crippen molar-refractivity contribution >= 4 is 5.91 Å². The molecule has 3 rings (SSSR count). The maximum absolute atomic E-state index is 13.9. The Kier molecular flexibility index (Phi) is 4.70. The lowest BCUT2D eigenvalue weighted by molar-refractivity contribution is -0.614. The Labute approximate surface area is 142 Å². The van der Waals surface area contributed by atoms with Crippen LogP contribution >= 0.6 is 0 Å². The number of hydrogen-bond donors (Lipinski definition) is 1. The van der Waals surface area contributed by atoms with Crippen molar-refractivity contribution in [1.82, 2.24) is 5.32 Å². The molecule has 0 saturated heterocycles. The van der Waals surface area contributed by atoms with Gasteiger partial charge < -0.3 is 10.5 Å². The summed E-state index contributed by atoms with van der Waals surface area (Å²) >= 11 is 0. The van der Waals surface area contributed by atoms with Gasteiger partial charge in [0.2, 0.25) is 5.69 Å². The lowest BCUT2D eigenvalue weighted by Gasteiger charge is -2.08. The topological polar surface area (TPSA) is 56.0 Å². The summed E-state index contributed by atoms with van der Waals surface area (Å²) in [5.74, 6) is -1.76. The maximum Gasteiger partial charge on any atom is 0.251 e. The van der Waals surface area contributed by atoms with Crippen molar-refractivity contribution in [2.24, 2.45) is 0 Å². The van der Waals surface area contributed by atoms with Gasteiger partial charge >= 0.3 is 0 Å². The van der Waals surface area contributed by atoms with E-state index in [1.807, 2.05) is 0 Å². The van der Waals surface area contributed by atoms with E-state index < -0.39 is 17.5 Å². The Morgan fingerprint density at radius 1 is 1.04 bits per heavy atom. The lowest BCUT2D eigenvalue weighted by atomic mass is 10.0. The first-order valence-electron chi connectivity index (χ1n) is 7.55. The molecule has 0 aliphatic carbocycles. The average Bonchev–Trinajstić information content (AvgIpc) is 2.61. The number of benzene rings is 2. The zero-order chi connectivity index (χ0) is 17.8. The number of nitrogens with one attached hydrogen (secondary N) is 1. The fourth-order valence-corrected chi connectivity index (χ4v) is 2.42. The number of amides is 1. The molecule has 0 spiro atoms. The monoisotopic (exact) mass is 340 g/mol. The fraction of sp³-hybridized carbons (Fsp3) is 0.0526. The molecular weight excluding hydrogens is 326 g/mol. The largest absolute Gasteiger partial charge is 0.618 e. The summed E-state index contributed by atoms with van der Waals surface area (Å²) in [6.45, 7) is 0.0678. The molecular formula is C19H14F2N2O2. The molecule has 25 heavy (non-hydrogen) atoms. The molecule has 2 aromatic carbocycles. The van der Waals surface area contributed by atoms with E-state index in [-0.39, 0.29) is 12.1 Å². The minimum absolute atomic E-state index is 0.0678. The van der Waals surface area contributed by atoms with Crippen LogP contribution in [0.3, 0.4) is 0 Å². The van der Waals surface area contributed by atoms with Crippen LogP contribution in [0.2, 0.25) is 0 Å². The molecule has 1 N–H and O–H groups in total. The van der Waals surface area contributed by atoms with Crippen molar-refractivity contribution < 1.29 is 18.3 Å². The minimum atomic E-state index is -0.700. The van der Waals surface area contributed by atoms with Gasteiger partial charge in [-0.15, -0.1) is 0 Å². The molecule has 0 radical (unpaired) electrons. The van der Waals surface area contributed by atoms with Crippen LogP contribution in [0.4, 0.5) is 8.78 Å². The van der Waals surface area contributed by atoms with E-state index in [0.717, 1.165) is 12.1 Å². The van der Waals surface area contributed by atoms with Crippen LogP contribution < -0.4 is 10.0 Å². The van der Waals surface area contributed by atoms with E-state index in [4.69, 9.17) is 0 Å². The number of aromatic nitrogens is 1. The highest BCUT2D eigenvalue weighted by molar-refractivity contribution is 5.95. The normalized spacial score (nSPS) is 10.5. The van der Waals surface area contributed by atoms with Crippen molar-refractivity contribution in [3.8, 4) is 11.1 Å². The third kappa shape index (κ3) is 3.80. The molecule has 0 bridgehead atoms. The van der Waals surface area contributed by atoms with Gasteiger partial charge in [0.15, 0.2) is 6.20 Å². The molecule has 1 aromatic heterocycles. The second-order valence-corrected chi connectivity index (χ2v) is 5.41. The predicted octanol–water partition coefficient (Wildman–Crippen LogP) is 3.20. The van der Waals surface area contributed by atoms with Gasteiger partial charge in [-0.2, -0.15) is 4.73 Å². The molecule has 1 heterocycles. The SMILES string of the molecule is O=C(NCc1cccc[n+]1[O-])c1cccc(-c2ccc(F)cc2F)c1. The summed E-state index contributed by atoms with van der Waals surface area (Å²) in [6.07, 6.45) is 1.35. The van der Waals surface area contributed by atoms with Crippen LogP contribution in [0, 0.1) is 16.8 Å². The molecule has 3 aromatic rings. The molecule has 0 aliphatic rings. The number of nitrogens with zero attached hydrogens (tertiary/aromatic N) is 1. The molecule has 126 valence electrons. The van der Waals surface area contributed by atoms with E-state index in [9.17, 15) is 18.8 Å². The van der Waals surface area contributed by atoms with Gasteiger partial charge in [-0.05, 0) is 35.9 Å². The van der Waals surface area contributed by atoms with Crippen LogP contribution in [0.1, 0.15) is 16.1 Å². The Bertz CT molecular complexity index is 929. The van der Waals surface area contributed by atoms with Crippen molar-refractivity contribution in [2.75, 3.05) is 0 Å². The van der Waals surface area contributed by atoms with E-state index >= 15 is 0 Å². The summed E-state index contributed by atoms with van der Waals surface area (Å²) in [5.41, 5.74) is 1.38. The van der Waals surface area contributed by atoms with Crippen LogP contribution in [0.5, 0.6) is 0 Å². The summed E-state index contributed by atoms with van der Waals surface area (Å²) in [6, 6.07) is 14.5. The molecule has 6 heteroatoms. The molecule has 1 amide bonds. The van der Waals surface area contributed by atoms with Gasteiger partial charge in [-0.1, -0.05) is 12.1 Å². The molecule has 0 aliphatic heterocycles. The lowest BCUT2D eigenvalue weighted by Crippen LogP contribution is -2.35. The highest BCUT2D eigenvalue weighted by Crippen LogP contribution is 2.24. The van der Waals surface area contributed by atoms with E-state index in [1.54, 1.807) is 36.4 Å². The highest BCUT2D eigenvalue weighted by atomic mass is 19.1. The van der Waals surface area contributed by atoms with Gasteiger partial charge in [-0.3, -0.25) is 4.79 Å². The number of hydrogen-bond acceptors (Lipinski definition) is 2. The number of carbonyl (C=O) groups is 1. The Morgan fingerprint density at radius 3 is 2.64 bits per heavy atom. The zero-order valence-corrected chi connectivity index (χ0v) is 13.1. The van der Waals surface area contributed by atoms with E-state index in [1.165, 1.54) is 18.3 Å². The highest BCUT2D eigenvalue weighted by Gasteiger charge is 2.12. The third-order valence-electron chi connectivity index (χ3n) is 3.70. The molecule has 0 unspecified atom stereocenters. The molecule has 0 atom stereocenters. The summed E-state index contributed by atoms with van der Waals surface area (Å²) in [4.78, 5) is 12.3. The van der Waals surface area contributed by atoms with Gasteiger partial charge in [-0.25, -0.2) is 8.78 Å². The minimum Gasteiger partial charge on any atom is -0.618 e. The number of carbonyl (C=O) groups excluding carboxylic acids is 1. The van der Waals surface area contributed by atoms with Crippen molar-refractivity contribution in [2.45, 2.75) is 6.54 Å². The Balaban J connectivity index is 1.79. The standard InChI is InChI=1S/C19H14F2N2O2/c20-15-7-8-17(18(21)11-15)13-4-3-5-14(10-13)19(24)22-12-16-6-1-2-9-23(16)25/h1-11H,12H2,(H,22,24). The molecule has 0 fully saturated rings. The smallest absolute Gasteiger partial charge is 0.251 e. The molecule has 4 nitrogen and oxygen atoms in total. The second kappa shape index (κ2) is 7.09. The van der Waals surface area contributed by atoms with Gasteiger partial charge in [0.1, 0.15) is 18.2 Å². The van der Waals surface area contributed by atoms with Crippen molar-refractivity contribution in [3.63, 3.8) is 0 Å². The summed E-state index contributed by atoms with van der Waals surface area (Å²) < 4.78 is 27.6. The fourth-order valence-electron chi connectivity index (χ4n) is 2.42. The Hall–Kier alpha value is -3.28. The average molecular weight is 340 g/mol. The second-order valence-electron chi connectivity index (χ2n) is 5.41. The molecule has 0 saturated carbocycles.